The van der Waals surface area contributed by atoms with E-state index in [-0.39, 0.29) is 0 Å². The first-order valence-electron chi connectivity index (χ1n) is 6.73. The van der Waals surface area contributed by atoms with E-state index in [1.807, 2.05) is 19.1 Å². The Morgan fingerprint density at radius 2 is 2.05 bits per heavy atom. The van der Waals surface area contributed by atoms with Crippen molar-refractivity contribution in [3.8, 4) is 17.0 Å². The molecule has 100 valence electrons. The molecule has 0 amide bonds. The molecule has 0 unspecified atom stereocenters. The number of ether oxygens (including phenoxy) is 1. The number of rotatable bonds is 5. The van der Waals surface area contributed by atoms with E-state index < -0.39 is 0 Å². The van der Waals surface area contributed by atoms with Crippen LogP contribution in [0.5, 0.6) is 5.75 Å². The lowest BCUT2D eigenvalue weighted by molar-refractivity contribution is 0.340. The third kappa shape index (κ3) is 2.89. The van der Waals surface area contributed by atoms with E-state index in [1.165, 1.54) is 17.7 Å². The number of thiazole rings is 1. The van der Waals surface area contributed by atoms with Crippen molar-refractivity contribution in [2.45, 2.75) is 32.7 Å². The SMILES string of the molecule is CCOc1ccc(-c2nc(NC3CC3)sc2C)cc1. The molecule has 2 aromatic rings. The molecule has 0 atom stereocenters. The molecule has 3 nitrogen and oxygen atoms in total. The van der Waals surface area contributed by atoms with Crippen molar-refractivity contribution in [2.24, 2.45) is 0 Å². The Hall–Kier alpha value is -1.55. The molecule has 0 radical (unpaired) electrons. The molecule has 1 aromatic heterocycles. The third-order valence-electron chi connectivity index (χ3n) is 3.14. The van der Waals surface area contributed by atoms with Gasteiger partial charge in [-0.2, -0.15) is 0 Å². The van der Waals surface area contributed by atoms with Crippen LogP contribution in [0.1, 0.15) is 24.6 Å². The monoisotopic (exact) mass is 274 g/mol. The van der Waals surface area contributed by atoms with Crippen LogP contribution >= 0.6 is 11.3 Å². The smallest absolute Gasteiger partial charge is 0.183 e. The molecule has 19 heavy (non-hydrogen) atoms. The lowest BCUT2D eigenvalue weighted by atomic mass is 10.1. The molecular formula is C15H18N2OS. The van der Waals surface area contributed by atoms with Gasteiger partial charge in [0.1, 0.15) is 5.75 Å². The quantitative estimate of drug-likeness (QED) is 0.891. The summed E-state index contributed by atoms with van der Waals surface area (Å²) in [6, 6.07) is 8.82. The highest BCUT2D eigenvalue weighted by Gasteiger charge is 2.22. The first kappa shape index (κ1) is 12.5. The predicted octanol–water partition coefficient (Wildman–Crippen LogP) is 4.09. The van der Waals surface area contributed by atoms with Gasteiger partial charge in [0, 0.05) is 16.5 Å². The number of hydrogen-bond acceptors (Lipinski definition) is 4. The van der Waals surface area contributed by atoms with Gasteiger partial charge in [0.25, 0.3) is 0 Å². The lowest BCUT2D eigenvalue weighted by Gasteiger charge is -2.04. The molecule has 3 rings (SSSR count). The molecule has 1 aliphatic rings. The summed E-state index contributed by atoms with van der Waals surface area (Å²) >= 11 is 1.74. The highest BCUT2D eigenvalue weighted by molar-refractivity contribution is 7.16. The van der Waals surface area contributed by atoms with Crippen molar-refractivity contribution < 1.29 is 4.74 Å². The van der Waals surface area contributed by atoms with E-state index >= 15 is 0 Å². The van der Waals surface area contributed by atoms with Crippen molar-refractivity contribution in [1.29, 1.82) is 0 Å². The molecule has 0 bridgehead atoms. The standard InChI is InChI=1S/C15H18N2OS/c1-3-18-13-8-4-11(5-9-13)14-10(2)19-15(17-14)16-12-6-7-12/h4-5,8-9,12H,3,6-7H2,1-2H3,(H,16,17). The summed E-state index contributed by atoms with van der Waals surface area (Å²) in [4.78, 5) is 5.96. The molecule has 1 fully saturated rings. The fraction of sp³-hybridized carbons (Fsp3) is 0.400. The van der Waals surface area contributed by atoms with E-state index in [1.54, 1.807) is 11.3 Å². The number of aromatic nitrogens is 1. The molecule has 1 aliphatic carbocycles. The van der Waals surface area contributed by atoms with Gasteiger partial charge in [-0.05, 0) is 51.0 Å². The van der Waals surface area contributed by atoms with Crippen LogP contribution in [0.15, 0.2) is 24.3 Å². The second-order valence-corrected chi connectivity index (χ2v) is 6.00. The van der Waals surface area contributed by atoms with Crippen LogP contribution in [0.2, 0.25) is 0 Å². The minimum atomic E-state index is 0.652. The van der Waals surface area contributed by atoms with E-state index in [9.17, 15) is 0 Å². The molecule has 4 heteroatoms. The van der Waals surface area contributed by atoms with Gasteiger partial charge in [0.05, 0.1) is 12.3 Å². The van der Waals surface area contributed by atoms with Crippen molar-refractivity contribution in [3.05, 3.63) is 29.1 Å². The number of nitrogens with one attached hydrogen (secondary N) is 1. The van der Waals surface area contributed by atoms with Crippen LogP contribution in [0.25, 0.3) is 11.3 Å². The minimum Gasteiger partial charge on any atom is -0.494 e. The maximum atomic E-state index is 5.46. The molecule has 0 aliphatic heterocycles. The van der Waals surface area contributed by atoms with E-state index in [4.69, 9.17) is 9.72 Å². The fourth-order valence-electron chi connectivity index (χ4n) is 2.00. The first-order chi connectivity index (χ1) is 9.26. The molecule has 1 saturated carbocycles. The number of nitrogens with zero attached hydrogens (tertiary/aromatic N) is 1. The van der Waals surface area contributed by atoms with Gasteiger partial charge in [-0.25, -0.2) is 4.98 Å². The van der Waals surface area contributed by atoms with Gasteiger partial charge in [0.15, 0.2) is 5.13 Å². The van der Waals surface area contributed by atoms with Gasteiger partial charge in [-0.3, -0.25) is 0 Å². The second-order valence-electron chi connectivity index (χ2n) is 4.80. The third-order valence-corrected chi connectivity index (χ3v) is 4.04. The highest BCUT2D eigenvalue weighted by Crippen LogP contribution is 2.33. The number of aryl methyl sites for hydroxylation is 1. The van der Waals surface area contributed by atoms with Crippen molar-refractivity contribution in [2.75, 3.05) is 11.9 Å². The summed E-state index contributed by atoms with van der Waals surface area (Å²) in [7, 11) is 0. The zero-order chi connectivity index (χ0) is 13.2. The molecule has 1 heterocycles. The average molecular weight is 274 g/mol. The van der Waals surface area contributed by atoms with Gasteiger partial charge in [0.2, 0.25) is 0 Å². The normalized spacial score (nSPS) is 14.4. The lowest BCUT2D eigenvalue weighted by Crippen LogP contribution is -1.99. The Labute approximate surface area is 117 Å². The average Bonchev–Trinajstić information content (AvgIpc) is 3.14. The maximum absolute atomic E-state index is 5.46. The van der Waals surface area contributed by atoms with Crippen LogP contribution in [-0.4, -0.2) is 17.6 Å². The Morgan fingerprint density at radius 1 is 1.32 bits per heavy atom. The number of hydrogen-bond donors (Lipinski definition) is 1. The van der Waals surface area contributed by atoms with E-state index in [2.05, 4.69) is 24.4 Å². The predicted molar refractivity (Wildman–Crippen MR) is 80.1 cm³/mol. The summed E-state index contributed by atoms with van der Waals surface area (Å²) in [5.74, 6) is 0.912. The van der Waals surface area contributed by atoms with Crippen LogP contribution in [-0.2, 0) is 0 Å². The van der Waals surface area contributed by atoms with Gasteiger partial charge in [-0.15, -0.1) is 11.3 Å². The number of anilines is 1. The maximum Gasteiger partial charge on any atom is 0.183 e. The summed E-state index contributed by atoms with van der Waals surface area (Å²) < 4.78 is 5.46. The Bertz CT molecular complexity index is 558. The summed E-state index contributed by atoms with van der Waals surface area (Å²) in [6.07, 6.45) is 2.55. The van der Waals surface area contributed by atoms with Gasteiger partial charge in [-0.1, -0.05) is 0 Å². The highest BCUT2D eigenvalue weighted by atomic mass is 32.1. The van der Waals surface area contributed by atoms with Crippen LogP contribution in [0.3, 0.4) is 0 Å². The van der Waals surface area contributed by atoms with E-state index in [0.29, 0.717) is 12.6 Å². The fourth-order valence-corrected chi connectivity index (χ4v) is 2.92. The van der Waals surface area contributed by atoms with Crippen LogP contribution < -0.4 is 10.1 Å². The van der Waals surface area contributed by atoms with Crippen molar-refractivity contribution >= 4 is 16.5 Å². The van der Waals surface area contributed by atoms with Crippen LogP contribution in [0.4, 0.5) is 5.13 Å². The van der Waals surface area contributed by atoms with Gasteiger partial charge < -0.3 is 10.1 Å². The second kappa shape index (κ2) is 5.21. The molecular weight excluding hydrogens is 256 g/mol. The van der Waals surface area contributed by atoms with Crippen molar-refractivity contribution in [3.63, 3.8) is 0 Å². The topological polar surface area (TPSA) is 34.1 Å². The van der Waals surface area contributed by atoms with E-state index in [0.717, 1.165) is 22.1 Å². The number of benzene rings is 1. The first-order valence-corrected chi connectivity index (χ1v) is 7.55. The van der Waals surface area contributed by atoms with Crippen LogP contribution in [0, 0.1) is 6.92 Å². The zero-order valence-corrected chi connectivity index (χ0v) is 12.1. The summed E-state index contributed by atoms with van der Waals surface area (Å²) in [5, 5.41) is 4.51. The molecule has 1 N–H and O–H groups in total. The Morgan fingerprint density at radius 3 is 2.68 bits per heavy atom. The summed E-state index contributed by atoms with van der Waals surface area (Å²) in [6.45, 7) is 4.82. The summed E-state index contributed by atoms with van der Waals surface area (Å²) in [5.41, 5.74) is 2.23. The zero-order valence-electron chi connectivity index (χ0n) is 11.3. The molecule has 0 saturated heterocycles. The Kier molecular flexibility index (Phi) is 3.42. The Balaban J connectivity index is 1.81. The molecule has 1 aromatic carbocycles. The van der Waals surface area contributed by atoms with Gasteiger partial charge >= 0.3 is 0 Å². The van der Waals surface area contributed by atoms with Crippen molar-refractivity contribution in [1.82, 2.24) is 4.98 Å². The minimum absolute atomic E-state index is 0.652. The largest absolute Gasteiger partial charge is 0.494 e. The molecule has 0 spiro atoms.